The summed E-state index contributed by atoms with van der Waals surface area (Å²) in [7, 11) is 0. The Morgan fingerprint density at radius 3 is 2.72 bits per heavy atom. The normalized spacial score (nSPS) is 10.4. The van der Waals surface area contributed by atoms with Crippen LogP contribution in [-0.2, 0) is 4.74 Å². The van der Waals surface area contributed by atoms with E-state index in [9.17, 15) is 9.18 Å². The molecule has 6 heteroatoms. The minimum absolute atomic E-state index is 0.296. The molecule has 0 radical (unpaired) electrons. The Labute approximate surface area is 117 Å². The SMILES string of the molecule is CCOC(=O)c1cnc(I)n1-c1ccc(F)cc1. The molecule has 94 valence electrons. The zero-order valence-corrected chi connectivity index (χ0v) is 11.7. The summed E-state index contributed by atoms with van der Waals surface area (Å²) in [5.41, 5.74) is 0.995. The minimum Gasteiger partial charge on any atom is -0.461 e. The molecule has 0 aliphatic carbocycles. The molecule has 0 fully saturated rings. The first-order chi connectivity index (χ1) is 8.63. The van der Waals surface area contributed by atoms with Crippen LogP contribution in [-0.4, -0.2) is 22.1 Å². The molecule has 1 aromatic heterocycles. The lowest BCUT2D eigenvalue weighted by Crippen LogP contribution is -2.11. The van der Waals surface area contributed by atoms with E-state index in [-0.39, 0.29) is 5.82 Å². The van der Waals surface area contributed by atoms with Crippen molar-refractivity contribution >= 4 is 28.6 Å². The highest BCUT2D eigenvalue weighted by Gasteiger charge is 2.17. The molecule has 0 atom stereocenters. The number of ether oxygens (including phenoxy) is 1. The number of nitrogens with zero attached hydrogens (tertiary/aromatic N) is 2. The first-order valence-electron chi connectivity index (χ1n) is 5.29. The molecule has 18 heavy (non-hydrogen) atoms. The molecule has 4 nitrogen and oxygen atoms in total. The van der Waals surface area contributed by atoms with Gasteiger partial charge >= 0.3 is 5.97 Å². The molecule has 0 aliphatic heterocycles. The monoisotopic (exact) mass is 360 g/mol. The highest BCUT2D eigenvalue weighted by molar-refractivity contribution is 14.1. The topological polar surface area (TPSA) is 44.1 Å². The van der Waals surface area contributed by atoms with Gasteiger partial charge in [-0.05, 0) is 31.2 Å². The van der Waals surface area contributed by atoms with E-state index in [0.717, 1.165) is 0 Å². The Bertz CT molecular complexity index is 566. The van der Waals surface area contributed by atoms with Crippen LogP contribution in [0, 0.1) is 9.65 Å². The van der Waals surface area contributed by atoms with Crippen molar-refractivity contribution in [3.05, 3.63) is 45.8 Å². The summed E-state index contributed by atoms with van der Waals surface area (Å²) in [4.78, 5) is 15.8. The van der Waals surface area contributed by atoms with Crippen LogP contribution in [0.3, 0.4) is 0 Å². The van der Waals surface area contributed by atoms with Crippen LogP contribution in [0.4, 0.5) is 4.39 Å². The van der Waals surface area contributed by atoms with Crippen molar-refractivity contribution in [2.24, 2.45) is 0 Å². The van der Waals surface area contributed by atoms with Gasteiger partial charge in [0.2, 0.25) is 0 Å². The molecule has 0 saturated carbocycles. The van der Waals surface area contributed by atoms with Crippen LogP contribution in [0.15, 0.2) is 30.5 Å². The van der Waals surface area contributed by atoms with Crippen molar-refractivity contribution in [1.29, 1.82) is 0 Å². The molecule has 0 N–H and O–H groups in total. The zero-order valence-electron chi connectivity index (χ0n) is 9.56. The molecule has 0 bridgehead atoms. The number of hydrogen-bond acceptors (Lipinski definition) is 3. The number of benzene rings is 1. The second-order valence-corrected chi connectivity index (χ2v) is 4.41. The summed E-state index contributed by atoms with van der Waals surface area (Å²) >= 11 is 2.01. The Balaban J connectivity index is 2.46. The molecule has 1 aromatic carbocycles. The van der Waals surface area contributed by atoms with Crippen LogP contribution in [0.1, 0.15) is 17.4 Å². The van der Waals surface area contributed by atoms with Gasteiger partial charge in [0.1, 0.15) is 5.82 Å². The molecular weight excluding hydrogens is 350 g/mol. The first kappa shape index (κ1) is 13.0. The summed E-state index contributed by atoms with van der Waals surface area (Å²) in [5.74, 6) is -0.774. The van der Waals surface area contributed by atoms with E-state index in [2.05, 4.69) is 4.98 Å². The molecule has 0 aliphatic rings. The molecule has 0 amide bonds. The number of imidazole rings is 1. The summed E-state index contributed by atoms with van der Waals surface area (Å²) in [6.45, 7) is 2.03. The second-order valence-electron chi connectivity index (χ2n) is 3.44. The maximum Gasteiger partial charge on any atom is 0.356 e. The number of carbonyl (C=O) groups excluding carboxylic acids is 1. The third-order valence-corrected chi connectivity index (χ3v) is 3.05. The highest BCUT2D eigenvalue weighted by atomic mass is 127. The largest absolute Gasteiger partial charge is 0.461 e. The first-order valence-corrected chi connectivity index (χ1v) is 6.37. The van der Waals surface area contributed by atoms with E-state index in [4.69, 9.17) is 4.74 Å². The fourth-order valence-corrected chi connectivity index (χ4v) is 2.19. The lowest BCUT2D eigenvalue weighted by Gasteiger charge is -2.08. The lowest BCUT2D eigenvalue weighted by molar-refractivity contribution is 0.0517. The van der Waals surface area contributed by atoms with Crippen LogP contribution in [0.25, 0.3) is 5.69 Å². The van der Waals surface area contributed by atoms with Crippen molar-refractivity contribution in [3.63, 3.8) is 0 Å². The van der Waals surface area contributed by atoms with Gasteiger partial charge in [-0.15, -0.1) is 0 Å². The Morgan fingerprint density at radius 1 is 1.44 bits per heavy atom. The fourth-order valence-electron chi connectivity index (χ4n) is 1.51. The Kier molecular flexibility index (Phi) is 3.95. The maximum atomic E-state index is 12.9. The Morgan fingerprint density at radius 2 is 2.11 bits per heavy atom. The summed E-state index contributed by atoms with van der Waals surface area (Å²) in [6.07, 6.45) is 1.45. The molecule has 2 aromatic rings. The van der Waals surface area contributed by atoms with Gasteiger partial charge in [-0.25, -0.2) is 14.2 Å². The van der Waals surface area contributed by atoms with E-state index >= 15 is 0 Å². The van der Waals surface area contributed by atoms with Crippen molar-refractivity contribution in [2.75, 3.05) is 6.61 Å². The van der Waals surface area contributed by atoms with Gasteiger partial charge in [0, 0.05) is 28.3 Å². The van der Waals surface area contributed by atoms with Gasteiger partial charge in [0.25, 0.3) is 0 Å². The number of hydrogen-bond donors (Lipinski definition) is 0. The number of esters is 1. The maximum absolute atomic E-state index is 12.9. The van der Waals surface area contributed by atoms with Gasteiger partial charge < -0.3 is 4.74 Å². The number of carbonyl (C=O) groups is 1. The number of aromatic nitrogens is 2. The summed E-state index contributed by atoms with van der Waals surface area (Å²) in [6, 6.07) is 5.84. The van der Waals surface area contributed by atoms with Crippen molar-refractivity contribution in [3.8, 4) is 5.69 Å². The molecular formula is C12H10FIN2O2. The van der Waals surface area contributed by atoms with Gasteiger partial charge in [-0.2, -0.15) is 0 Å². The van der Waals surface area contributed by atoms with E-state index in [1.54, 1.807) is 23.6 Å². The molecule has 2 rings (SSSR count). The van der Waals surface area contributed by atoms with Crippen LogP contribution in [0.2, 0.25) is 0 Å². The van der Waals surface area contributed by atoms with Crippen LogP contribution < -0.4 is 0 Å². The average Bonchev–Trinajstić information content (AvgIpc) is 2.73. The van der Waals surface area contributed by atoms with E-state index in [1.807, 2.05) is 22.6 Å². The van der Waals surface area contributed by atoms with Gasteiger partial charge in [-0.3, -0.25) is 4.57 Å². The van der Waals surface area contributed by atoms with E-state index in [1.165, 1.54) is 18.3 Å². The van der Waals surface area contributed by atoms with Crippen molar-refractivity contribution in [1.82, 2.24) is 9.55 Å². The van der Waals surface area contributed by atoms with Crippen molar-refractivity contribution in [2.45, 2.75) is 6.92 Å². The number of rotatable bonds is 3. The quantitative estimate of drug-likeness (QED) is 0.625. The number of halogens is 2. The van der Waals surface area contributed by atoms with E-state index in [0.29, 0.717) is 21.8 Å². The van der Waals surface area contributed by atoms with Gasteiger partial charge in [0.15, 0.2) is 9.53 Å². The van der Waals surface area contributed by atoms with Crippen LogP contribution in [0.5, 0.6) is 0 Å². The van der Waals surface area contributed by atoms with Crippen LogP contribution >= 0.6 is 22.6 Å². The Hall–Kier alpha value is -1.44. The lowest BCUT2D eigenvalue weighted by atomic mass is 10.3. The standard InChI is InChI=1S/C12H10FIN2O2/c1-2-18-11(17)10-7-15-12(14)16(10)9-5-3-8(13)4-6-9/h3-7H,2H2,1H3. The molecule has 0 unspecified atom stereocenters. The predicted octanol–water partition coefficient (Wildman–Crippen LogP) is 2.79. The highest BCUT2D eigenvalue weighted by Crippen LogP contribution is 2.17. The zero-order chi connectivity index (χ0) is 13.1. The summed E-state index contributed by atoms with van der Waals surface area (Å²) < 4.78 is 20.1. The predicted molar refractivity (Wildman–Crippen MR) is 72.2 cm³/mol. The molecule has 1 heterocycles. The van der Waals surface area contributed by atoms with E-state index < -0.39 is 5.97 Å². The fraction of sp³-hybridized carbons (Fsp3) is 0.167. The molecule has 0 saturated heterocycles. The minimum atomic E-state index is -0.447. The van der Waals surface area contributed by atoms with Crippen molar-refractivity contribution < 1.29 is 13.9 Å². The summed E-state index contributed by atoms with van der Waals surface area (Å²) in [5, 5.41) is 0. The van der Waals surface area contributed by atoms with Gasteiger partial charge in [-0.1, -0.05) is 0 Å². The molecule has 0 spiro atoms. The third kappa shape index (κ3) is 2.53. The average molecular weight is 360 g/mol. The third-order valence-electron chi connectivity index (χ3n) is 2.29. The van der Waals surface area contributed by atoms with Gasteiger partial charge in [0.05, 0.1) is 12.8 Å². The smallest absolute Gasteiger partial charge is 0.356 e. The second kappa shape index (κ2) is 5.47.